The number of aryl methyl sites for hydroxylation is 2. The van der Waals surface area contributed by atoms with Gasteiger partial charge in [0.05, 0.1) is 11.0 Å². The van der Waals surface area contributed by atoms with Gasteiger partial charge in [-0.3, -0.25) is 4.98 Å². The van der Waals surface area contributed by atoms with Crippen LogP contribution in [0.2, 0.25) is 0 Å². The molecule has 0 unspecified atom stereocenters. The molecule has 0 spiro atoms. The highest BCUT2D eigenvalue weighted by Gasteiger charge is 2.02. The summed E-state index contributed by atoms with van der Waals surface area (Å²) in [6.07, 6.45) is 1.93. The van der Waals surface area contributed by atoms with E-state index in [9.17, 15) is 0 Å². The van der Waals surface area contributed by atoms with Crippen molar-refractivity contribution in [2.24, 2.45) is 0 Å². The Kier molecular flexibility index (Phi) is 2.22. The molecule has 0 aliphatic heterocycles. The van der Waals surface area contributed by atoms with Crippen LogP contribution < -0.4 is 0 Å². The minimum Gasteiger partial charge on any atom is -0.357 e. The van der Waals surface area contributed by atoms with Gasteiger partial charge in [-0.1, -0.05) is 29.8 Å². The van der Waals surface area contributed by atoms with Crippen molar-refractivity contribution in [2.45, 2.75) is 13.8 Å². The molecule has 0 saturated carbocycles. The fourth-order valence-electron chi connectivity index (χ4n) is 2.13. The van der Waals surface area contributed by atoms with Crippen LogP contribution in [0.3, 0.4) is 0 Å². The van der Waals surface area contributed by atoms with Gasteiger partial charge in [0.1, 0.15) is 0 Å². The van der Waals surface area contributed by atoms with Gasteiger partial charge in [-0.2, -0.15) is 0 Å². The lowest BCUT2D eigenvalue weighted by Crippen LogP contribution is -1.82. The second-order valence-electron chi connectivity index (χ2n) is 4.48. The maximum atomic E-state index is 4.48. The number of hydrogen-bond acceptors (Lipinski definition) is 1. The van der Waals surface area contributed by atoms with Crippen LogP contribution in [0.5, 0.6) is 0 Å². The molecule has 17 heavy (non-hydrogen) atoms. The molecule has 0 bridgehead atoms. The van der Waals surface area contributed by atoms with Crippen molar-refractivity contribution in [3.05, 3.63) is 53.9 Å². The van der Waals surface area contributed by atoms with Crippen LogP contribution in [0.15, 0.2) is 42.6 Å². The highest BCUT2D eigenvalue weighted by molar-refractivity contribution is 5.81. The number of aromatic amines is 1. The van der Waals surface area contributed by atoms with Gasteiger partial charge in [0, 0.05) is 17.5 Å². The zero-order valence-electron chi connectivity index (χ0n) is 9.99. The number of pyridine rings is 1. The summed E-state index contributed by atoms with van der Waals surface area (Å²) in [4.78, 5) is 7.80. The fraction of sp³-hybridized carbons (Fsp3) is 0.133. The summed E-state index contributed by atoms with van der Waals surface area (Å²) in [5.74, 6) is 0. The standard InChI is InChI=1S/C15H14N2/c1-10-4-3-5-12(6-10)13-8-15-14(16-9-13)7-11(2)17-15/h3-9,17H,1-2H3. The maximum absolute atomic E-state index is 4.48. The van der Waals surface area contributed by atoms with Gasteiger partial charge in [-0.15, -0.1) is 0 Å². The lowest BCUT2D eigenvalue weighted by molar-refractivity contribution is 1.30. The van der Waals surface area contributed by atoms with Crippen LogP contribution in [0, 0.1) is 13.8 Å². The number of fused-ring (bicyclic) bond motifs is 1. The summed E-state index contributed by atoms with van der Waals surface area (Å²) in [6, 6.07) is 12.7. The Labute approximate surface area is 100 Å². The first-order valence-electron chi connectivity index (χ1n) is 5.75. The number of nitrogens with zero attached hydrogens (tertiary/aromatic N) is 1. The van der Waals surface area contributed by atoms with E-state index in [2.05, 4.69) is 53.3 Å². The molecule has 2 heterocycles. The third-order valence-corrected chi connectivity index (χ3v) is 2.95. The molecular weight excluding hydrogens is 208 g/mol. The average molecular weight is 222 g/mol. The van der Waals surface area contributed by atoms with Gasteiger partial charge >= 0.3 is 0 Å². The Morgan fingerprint density at radius 1 is 1.00 bits per heavy atom. The summed E-state index contributed by atoms with van der Waals surface area (Å²) in [6.45, 7) is 4.16. The zero-order valence-corrected chi connectivity index (χ0v) is 9.99. The highest BCUT2D eigenvalue weighted by Crippen LogP contribution is 2.23. The first-order valence-corrected chi connectivity index (χ1v) is 5.75. The van der Waals surface area contributed by atoms with Gasteiger partial charge in [0.25, 0.3) is 0 Å². The summed E-state index contributed by atoms with van der Waals surface area (Å²) < 4.78 is 0. The molecule has 84 valence electrons. The predicted molar refractivity (Wildman–Crippen MR) is 71.0 cm³/mol. The molecule has 0 amide bonds. The molecule has 0 aliphatic rings. The van der Waals surface area contributed by atoms with Crippen molar-refractivity contribution in [1.82, 2.24) is 9.97 Å². The number of H-pyrrole nitrogens is 1. The van der Waals surface area contributed by atoms with Crippen LogP contribution in [0.1, 0.15) is 11.3 Å². The smallest absolute Gasteiger partial charge is 0.0882 e. The maximum Gasteiger partial charge on any atom is 0.0882 e. The largest absolute Gasteiger partial charge is 0.357 e. The fourth-order valence-corrected chi connectivity index (χ4v) is 2.13. The lowest BCUT2D eigenvalue weighted by atomic mass is 10.1. The van der Waals surface area contributed by atoms with E-state index in [0.717, 1.165) is 22.3 Å². The van der Waals surface area contributed by atoms with E-state index in [-0.39, 0.29) is 0 Å². The van der Waals surface area contributed by atoms with Crippen molar-refractivity contribution in [3.8, 4) is 11.1 Å². The van der Waals surface area contributed by atoms with Crippen molar-refractivity contribution >= 4 is 11.0 Å². The Balaban J connectivity index is 2.17. The molecule has 0 fully saturated rings. The van der Waals surface area contributed by atoms with Crippen LogP contribution >= 0.6 is 0 Å². The number of benzene rings is 1. The molecule has 3 rings (SSSR count). The summed E-state index contributed by atoms with van der Waals surface area (Å²) in [5.41, 5.74) is 6.91. The lowest BCUT2D eigenvalue weighted by Gasteiger charge is -2.02. The molecule has 0 saturated heterocycles. The number of hydrogen-bond donors (Lipinski definition) is 1. The van der Waals surface area contributed by atoms with Gasteiger partial charge in [0.2, 0.25) is 0 Å². The van der Waals surface area contributed by atoms with Crippen molar-refractivity contribution in [1.29, 1.82) is 0 Å². The van der Waals surface area contributed by atoms with E-state index < -0.39 is 0 Å². The molecule has 2 heteroatoms. The third kappa shape index (κ3) is 1.82. The predicted octanol–water partition coefficient (Wildman–Crippen LogP) is 3.85. The average Bonchev–Trinajstić information content (AvgIpc) is 2.68. The summed E-state index contributed by atoms with van der Waals surface area (Å²) in [5, 5.41) is 0. The second kappa shape index (κ2) is 3.74. The SMILES string of the molecule is Cc1cccc(-c2cnc3cc(C)[nH]c3c2)c1. The van der Waals surface area contributed by atoms with Gasteiger partial charge in [-0.25, -0.2) is 0 Å². The quantitative estimate of drug-likeness (QED) is 0.665. The van der Waals surface area contributed by atoms with Gasteiger partial charge < -0.3 is 4.98 Å². The van der Waals surface area contributed by atoms with E-state index in [4.69, 9.17) is 0 Å². The van der Waals surface area contributed by atoms with Crippen LogP contribution in [0.4, 0.5) is 0 Å². The first kappa shape index (κ1) is 10.1. The first-order chi connectivity index (χ1) is 8.22. The summed E-state index contributed by atoms with van der Waals surface area (Å²) in [7, 11) is 0. The Hall–Kier alpha value is -2.09. The Morgan fingerprint density at radius 3 is 2.71 bits per heavy atom. The van der Waals surface area contributed by atoms with E-state index in [1.54, 1.807) is 0 Å². The van der Waals surface area contributed by atoms with Crippen LogP contribution in [0.25, 0.3) is 22.2 Å². The topological polar surface area (TPSA) is 28.7 Å². The number of aromatic nitrogens is 2. The number of rotatable bonds is 1. The molecular formula is C15H14N2. The minimum absolute atomic E-state index is 1.03. The molecule has 0 atom stereocenters. The molecule has 1 aromatic carbocycles. The molecule has 1 N–H and O–H groups in total. The third-order valence-electron chi connectivity index (χ3n) is 2.95. The van der Waals surface area contributed by atoms with E-state index in [1.807, 2.05) is 13.1 Å². The highest BCUT2D eigenvalue weighted by atomic mass is 14.8. The van der Waals surface area contributed by atoms with E-state index in [0.29, 0.717) is 0 Å². The van der Waals surface area contributed by atoms with Gasteiger partial charge in [-0.05, 0) is 31.5 Å². The zero-order chi connectivity index (χ0) is 11.8. The molecule has 0 aliphatic carbocycles. The van der Waals surface area contributed by atoms with Crippen LogP contribution in [-0.4, -0.2) is 9.97 Å². The van der Waals surface area contributed by atoms with E-state index in [1.165, 1.54) is 11.1 Å². The Bertz CT molecular complexity index is 680. The van der Waals surface area contributed by atoms with E-state index >= 15 is 0 Å². The monoisotopic (exact) mass is 222 g/mol. The minimum atomic E-state index is 1.03. The summed E-state index contributed by atoms with van der Waals surface area (Å²) >= 11 is 0. The van der Waals surface area contributed by atoms with Crippen molar-refractivity contribution in [2.75, 3.05) is 0 Å². The number of nitrogens with one attached hydrogen (secondary N) is 1. The Morgan fingerprint density at radius 2 is 1.88 bits per heavy atom. The molecule has 2 aromatic heterocycles. The molecule has 2 nitrogen and oxygen atoms in total. The van der Waals surface area contributed by atoms with Crippen molar-refractivity contribution < 1.29 is 0 Å². The van der Waals surface area contributed by atoms with Crippen LogP contribution in [-0.2, 0) is 0 Å². The molecule has 0 radical (unpaired) electrons. The van der Waals surface area contributed by atoms with Gasteiger partial charge in [0.15, 0.2) is 0 Å². The second-order valence-corrected chi connectivity index (χ2v) is 4.48. The van der Waals surface area contributed by atoms with Crippen molar-refractivity contribution in [3.63, 3.8) is 0 Å². The normalized spacial score (nSPS) is 10.9. The molecule has 3 aromatic rings.